The second kappa shape index (κ2) is 7.63. The number of rotatable bonds is 6. The van der Waals surface area contributed by atoms with Crippen molar-refractivity contribution in [1.82, 2.24) is 10.2 Å². The molecule has 0 saturated heterocycles. The number of aliphatic hydroxyl groups is 1. The normalized spacial score (nSPS) is 17.8. The summed E-state index contributed by atoms with van der Waals surface area (Å²) in [6, 6.07) is 8.69. The Hall–Kier alpha value is -0.900. The highest BCUT2D eigenvalue weighted by molar-refractivity contribution is 5.28. The minimum atomic E-state index is -0.267. The third-order valence-corrected chi connectivity index (χ3v) is 3.71. The van der Waals surface area contributed by atoms with Gasteiger partial charge in [0.05, 0.1) is 6.10 Å². The summed E-state index contributed by atoms with van der Waals surface area (Å²) in [5, 5.41) is 13.3. The van der Waals surface area contributed by atoms with Gasteiger partial charge in [-0.3, -0.25) is 4.90 Å². The third-order valence-electron chi connectivity index (χ3n) is 3.71. The van der Waals surface area contributed by atoms with E-state index < -0.39 is 0 Å². The first-order valence-corrected chi connectivity index (χ1v) is 7.47. The largest absolute Gasteiger partial charge is 0.390 e. The van der Waals surface area contributed by atoms with Gasteiger partial charge in [0.1, 0.15) is 0 Å². The van der Waals surface area contributed by atoms with Crippen LogP contribution in [0, 0.1) is 0 Å². The van der Waals surface area contributed by atoms with Crippen LogP contribution in [0.4, 0.5) is 0 Å². The molecule has 1 aliphatic rings. The number of hydrogen-bond donors (Lipinski definition) is 2. The van der Waals surface area contributed by atoms with Crippen LogP contribution in [0.3, 0.4) is 0 Å². The highest BCUT2D eigenvalue weighted by Gasteiger charge is 2.16. The van der Waals surface area contributed by atoms with Gasteiger partial charge in [-0.1, -0.05) is 31.2 Å². The molecular weight excluding hydrogens is 236 g/mol. The molecule has 1 aliphatic heterocycles. The highest BCUT2D eigenvalue weighted by Crippen LogP contribution is 2.18. The fourth-order valence-corrected chi connectivity index (χ4v) is 2.73. The van der Waals surface area contributed by atoms with E-state index in [9.17, 15) is 5.11 Å². The zero-order valence-corrected chi connectivity index (χ0v) is 11.9. The molecule has 1 atom stereocenters. The van der Waals surface area contributed by atoms with E-state index in [1.165, 1.54) is 17.5 Å². The SMILES string of the molecule is CCCNCC(O)CN1CCCc2ccccc2C1. The van der Waals surface area contributed by atoms with E-state index in [1.54, 1.807) is 0 Å². The molecule has 2 N–H and O–H groups in total. The molecule has 106 valence electrons. The maximum Gasteiger partial charge on any atom is 0.0791 e. The van der Waals surface area contributed by atoms with Crippen LogP contribution in [0.1, 0.15) is 30.9 Å². The van der Waals surface area contributed by atoms with Crippen LogP contribution in [0.2, 0.25) is 0 Å². The van der Waals surface area contributed by atoms with Crippen LogP contribution in [0.25, 0.3) is 0 Å². The van der Waals surface area contributed by atoms with E-state index in [0.29, 0.717) is 6.54 Å². The molecule has 1 unspecified atom stereocenters. The number of nitrogens with one attached hydrogen (secondary N) is 1. The lowest BCUT2D eigenvalue weighted by molar-refractivity contribution is 0.108. The Labute approximate surface area is 116 Å². The lowest BCUT2D eigenvalue weighted by atomic mass is 10.0. The number of fused-ring (bicyclic) bond motifs is 1. The third kappa shape index (κ3) is 4.60. The van der Waals surface area contributed by atoms with Gasteiger partial charge >= 0.3 is 0 Å². The molecular formula is C16H26N2O. The maximum atomic E-state index is 10.1. The Balaban J connectivity index is 1.84. The zero-order chi connectivity index (χ0) is 13.5. The molecule has 0 aliphatic carbocycles. The van der Waals surface area contributed by atoms with Crippen LogP contribution in [0.5, 0.6) is 0 Å². The summed E-state index contributed by atoms with van der Waals surface area (Å²) < 4.78 is 0. The van der Waals surface area contributed by atoms with Gasteiger partial charge in [0.2, 0.25) is 0 Å². The van der Waals surface area contributed by atoms with E-state index in [-0.39, 0.29) is 6.10 Å². The summed E-state index contributed by atoms with van der Waals surface area (Å²) >= 11 is 0. The van der Waals surface area contributed by atoms with Gasteiger partial charge in [-0.15, -0.1) is 0 Å². The molecule has 0 amide bonds. The van der Waals surface area contributed by atoms with E-state index in [2.05, 4.69) is 41.4 Å². The molecule has 1 aromatic rings. The average Bonchev–Trinajstić information content (AvgIpc) is 2.60. The van der Waals surface area contributed by atoms with Crippen molar-refractivity contribution in [1.29, 1.82) is 0 Å². The monoisotopic (exact) mass is 262 g/mol. The Kier molecular flexibility index (Phi) is 5.83. The van der Waals surface area contributed by atoms with Gasteiger partial charge in [0.15, 0.2) is 0 Å². The van der Waals surface area contributed by atoms with Crippen molar-refractivity contribution in [3.63, 3.8) is 0 Å². The van der Waals surface area contributed by atoms with E-state index >= 15 is 0 Å². The molecule has 0 saturated carbocycles. The van der Waals surface area contributed by atoms with Gasteiger partial charge in [0, 0.05) is 19.6 Å². The standard InChI is InChI=1S/C16H26N2O/c1-2-9-17-11-16(19)13-18-10-5-8-14-6-3-4-7-15(14)12-18/h3-4,6-7,16-17,19H,2,5,8-13H2,1H3. The maximum absolute atomic E-state index is 10.1. The second-order valence-corrected chi connectivity index (χ2v) is 5.47. The lowest BCUT2D eigenvalue weighted by Crippen LogP contribution is -2.38. The van der Waals surface area contributed by atoms with Crippen molar-refractivity contribution in [3.8, 4) is 0 Å². The van der Waals surface area contributed by atoms with E-state index in [1.807, 2.05) is 0 Å². The second-order valence-electron chi connectivity index (χ2n) is 5.47. The fraction of sp³-hybridized carbons (Fsp3) is 0.625. The Bertz CT molecular complexity index is 381. The zero-order valence-electron chi connectivity index (χ0n) is 11.9. The predicted octanol–water partition coefficient (Wildman–Crippen LogP) is 1.80. The Morgan fingerprint density at radius 1 is 1.32 bits per heavy atom. The van der Waals surface area contributed by atoms with Gasteiger partial charge < -0.3 is 10.4 Å². The van der Waals surface area contributed by atoms with Crippen molar-refractivity contribution in [2.75, 3.05) is 26.2 Å². The Morgan fingerprint density at radius 3 is 2.89 bits per heavy atom. The van der Waals surface area contributed by atoms with Crippen molar-refractivity contribution in [2.45, 2.75) is 38.8 Å². The molecule has 3 heteroatoms. The van der Waals surface area contributed by atoms with Crippen molar-refractivity contribution in [3.05, 3.63) is 35.4 Å². The fourth-order valence-electron chi connectivity index (χ4n) is 2.73. The van der Waals surface area contributed by atoms with E-state index in [4.69, 9.17) is 0 Å². The van der Waals surface area contributed by atoms with Gasteiger partial charge in [-0.05, 0) is 43.5 Å². The minimum absolute atomic E-state index is 0.267. The molecule has 0 radical (unpaired) electrons. The van der Waals surface area contributed by atoms with Crippen LogP contribution in [-0.4, -0.2) is 42.3 Å². The number of β-amino-alcohol motifs (C(OH)–C–C–N with tert-alkyl or cyclic N) is 1. The molecule has 2 rings (SSSR count). The van der Waals surface area contributed by atoms with Crippen molar-refractivity contribution < 1.29 is 5.11 Å². The van der Waals surface area contributed by atoms with Crippen molar-refractivity contribution in [2.24, 2.45) is 0 Å². The first-order chi connectivity index (χ1) is 9.29. The summed E-state index contributed by atoms with van der Waals surface area (Å²) in [5.41, 5.74) is 2.90. The van der Waals surface area contributed by atoms with Gasteiger partial charge in [-0.25, -0.2) is 0 Å². The number of benzene rings is 1. The van der Waals surface area contributed by atoms with Gasteiger partial charge in [-0.2, -0.15) is 0 Å². The molecule has 19 heavy (non-hydrogen) atoms. The topological polar surface area (TPSA) is 35.5 Å². The number of hydrogen-bond acceptors (Lipinski definition) is 3. The molecule has 0 spiro atoms. The van der Waals surface area contributed by atoms with Crippen LogP contribution in [-0.2, 0) is 13.0 Å². The average molecular weight is 262 g/mol. The predicted molar refractivity (Wildman–Crippen MR) is 79.2 cm³/mol. The number of aryl methyl sites for hydroxylation is 1. The van der Waals surface area contributed by atoms with Crippen LogP contribution in [0.15, 0.2) is 24.3 Å². The summed E-state index contributed by atoms with van der Waals surface area (Å²) in [7, 11) is 0. The lowest BCUT2D eigenvalue weighted by Gasteiger charge is -2.23. The van der Waals surface area contributed by atoms with Crippen molar-refractivity contribution >= 4 is 0 Å². The molecule has 1 aromatic carbocycles. The molecule has 1 heterocycles. The molecule has 0 bridgehead atoms. The number of nitrogens with zero attached hydrogens (tertiary/aromatic N) is 1. The molecule has 0 fully saturated rings. The van der Waals surface area contributed by atoms with Crippen LogP contribution < -0.4 is 5.32 Å². The molecule has 3 nitrogen and oxygen atoms in total. The quantitative estimate of drug-likeness (QED) is 0.767. The van der Waals surface area contributed by atoms with Gasteiger partial charge in [0.25, 0.3) is 0 Å². The molecule has 0 aromatic heterocycles. The first kappa shape index (κ1) is 14.5. The first-order valence-electron chi connectivity index (χ1n) is 7.47. The minimum Gasteiger partial charge on any atom is -0.390 e. The summed E-state index contributed by atoms with van der Waals surface area (Å²) in [6.45, 7) is 6.66. The summed E-state index contributed by atoms with van der Waals surface area (Å²) in [5.74, 6) is 0. The Morgan fingerprint density at radius 2 is 2.11 bits per heavy atom. The smallest absolute Gasteiger partial charge is 0.0791 e. The highest BCUT2D eigenvalue weighted by atomic mass is 16.3. The summed E-state index contributed by atoms with van der Waals surface area (Å²) in [6.07, 6.45) is 3.20. The summed E-state index contributed by atoms with van der Waals surface area (Å²) in [4.78, 5) is 2.38. The number of aliphatic hydroxyl groups excluding tert-OH is 1. The van der Waals surface area contributed by atoms with E-state index in [0.717, 1.165) is 39.0 Å². The van der Waals surface area contributed by atoms with Crippen LogP contribution >= 0.6 is 0 Å².